The molecule has 136 valence electrons. The topological polar surface area (TPSA) is 69.7 Å². The van der Waals surface area contributed by atoms with Crippen LogP contribution in [0.15, 0.2) is 16.3 Å². The summed E-state index contributed by atoms with van der Waals surface area (Å²) in [6, 6.07) is 3.23. The zero-order chi connectivity index (χ0) is 18.1. The second-order valence-corrected chi connectivity index (χ2v) is 10.7. The molecule has 0 aromatic carbocycles. The fourth-order valence-corrected chi connectivity index (χ4v) is 5.51. The van der Waals surface area contributed by atoms with Crippen molar-refractivity contribution >= 4 is 27.3 Å². The molecule has 1 atom stereocenters. The Morgan fingerprint density at radius 1 is 1.21 bits per heavy atom. The van der Waals surface area contributed by atoms with Gasteiger partial charge in [-0.1, -0.05) is 0 Å². The molecule has 1 aromatic heterocycles. The molecule has 0 radical (unpaired) electrons. The quantitative estimate of drug-likeness (QED) is 0.872. The Balaban J connectivity index is 1.97. The Hall–Kier alpha value is -0.960. The highest BCUT2D eigenvalue weighted by Gasteiger charge is 2.33. The average molecular weight is 374 g/mol. The van der Waals surface area contributed by atoms with Gasteiger partial charge in [0.05, 0.1) is 6.04 Å². The second-order valence-electron chi connectivity index (χ2n) is 7.22. The summed E-state index contributed by atoms with van der Waals surface area (Å²) in [5, 5.41) is 2.98. The van der Waals surface area contributed by atoms with E-state index >= 15 is 0 Å². The number of carbonyl (C=O) groups excluding carboxylic acids is 1. The fraction of sp³-hybridized carbons (Fsp3) is 0.688. The predicted molar refractivity (Wildman–Crippen MR) is 96.7 cm³/mol. The van der Waals surface area contributed by atoms with Crippen LogP contribution in [0.2, 0.25) is 0 Å². The van der Waals surface area contributed by atoms with Gasteiger partial charge in [-0.25, -0.2) is 8.42 Å². The minimum atomic E-state index is -3.41. The third kappa shape index (κ3) is 4.56. The number of carbonyl (C=O) groups is 1. The van der Waals surface area contributed by atoms with Crippen molar-refractivity contribution in [2.45, 2.75) is 50.4 Å². The first-order valence-corrected chi connectivity index (χ1v) is 10.4. The fourth-order valence-electron chi connectivity index (χ4n) is 2.65. The molecule has 1 fully saturated rings. The molecule has 0 spiro atoms. The van der Waals surface area contributed by atoms with E-state index in [-0.39, 0.29) is 17.5 Å². The zero-order valence-electron chi connectivity index (χ0n) is 15.0. The lowest BCUT2D eigenvalue weighted by Crippen LogP contribution is -2.56. The van der Waals surface area contributed by atoms with Crippen LogP contribution in [0.5, 0.6) is 0 Å². The van der Waals surface area contributed by atoms with Crippen molar-refractivity contribution in [3.63, 3.8) is 0 Å². The van der Waals surface area contributed by atoms with Crippen LogP contribution in [0, 0.1) is 6.92 Å². The molecule has 1 N–H and O–H groups in total. The lowest BCUT2D eigenvalue weighted by Gasteiger charge is -2.37. The van der Waals surface area contributed by atoms with Crippen LogP contribution in [0.1, 0.15) is 32.6 Å². The van der Waals surface area contributed by atoms with Crippen molar-refractivity contribution < 1.29 is 13.2 Å². The number of hydrogen-bond donors (Lipinski definition) is 1. The molecule has 0 aliphatic carbocycles. The first-order valence-electron chi connectivity index (χ1n) is 8.13. The van der Waals surface area contributed by atoms with Crippen molar-refractivity contribution in [2.24, 2.45) is 0 Å². The average Bonchev–Trinajstić information content (AvgIpc) is 2.92. The Kier molecular flexibility index (Phi) is 5.74. The smallest absolute Gasteiger partial charge is 0.252 e. The minimum Gasteiger partial charge on any atom is -0.350 e. The van der Waals surface area contributed by atoms with Gasteiger partial charge in [-0.3, -0.25) is 9.69 Å². The number of thiophene rings is 1. The number of nitrogens with one attached hydrogen (secondary N) is 1. The molecule has 1 aliphatic heterocycles. The molecule has 1 aromatic rings. The van der Waals surface area contributed by atoms with Crippen LogP contribution < -0.4 is 5.32 Å². The lowest BCUT2D eigenvalue weighted by atomic mass is 10.1. The van der Waals surface area contributed by atoms with E-state index in [1.807, 2.05) is 45.6 Å². The van der Waals surface area contributed by atoms with Gasteiger partial charge in [-0.15, -0.1) is 11.3 Å². The van der Waals surface area contributed by atoms with Gasteiger partial charge in [0.2, 0.25) is 5.91 Å². The molecular formula is C16H27N3O3S2. The molecule has 1 aliphatic rings. The minimum absolute atomic E-state index is 0.0207. The van der Waals surface area contributed by atoms with Crippen molar-refractivity contribution in [3.05, 3.63) is 17.0 Å². The van der Waals surface area contributed by atoms with Gasteiger partial charge < -0.3 is 5.32 Å². The highest BCUT2D eigenvalue weighted by Crippen LogP contribution is 2.25. The second kappa shape index (κ2) is 7.11. The number of sulfonamides is 1. The summed E-state index contributed by atoms with van der Waals surface area (Å²) in [6.45, 7) is 11.6. The van der Waals surface area contributed by atoms with Gasteiger partial charge >= 0.3 is 0 Å². The number of rotatable bonds is 4. The summed E-state index contributed by atoms with van der Waals surface area (Å²) in [6.07, 6.45) is 0. The van der Waals surface area contributed by atoms with Crippen molar-refractivity contribution in [3.8, 4) is 0 Å². The first-order chi connectivity index (χ1) is 11.0. The Morgan fingerprint density at radius 2 is 1.79 bits per heavy atom. The normalized spacial score (nSPS) is 19.2. The van der Waals surface area contributed by atoms with Crippen LogP contribution in [0.25, 0.3) is 0 Å². The van der Waals surface area contributed by atoms with Crippen LogP contribution in [0.3, 0.4) is 0 Å². The van der Waals surface area contributed by atoms with E-state index in [1.165, 1.54) is 15.6 Å². The number of piperazine rings is 1. The third-order valence-corrected chi connectivity index (χ3v) is 7.38. The van der Waals surface area contributed by atoms with Crippen LogP contribution in [0.4, 0.5) is 0 Å². The monoisotopic (exact) mass is 373 g/mol. The van der Waals surface area contributed by atoms with Crippen LogP contribution in [-0.2, 0) is 14.8 Å². The van der Waals surface area contributed by atoms with E-state index in [1.54, 1.807) is 6.07 Å². The highest BCUT2D eigenvalue weighted by molar-refractivity contribution is 7.91. The summed E-state index contributed by atoms with van der Waals surface area (Å²) in [4.78, 5) is 15.3. The largest absolute Gasteiger partial charge is 0.350 e. The summed E-state index contributed by atoms with van der Waals surface area (Å²) in [5.74, 6) is -0.0207. The van der Waals surface area contributed by atoms with E-state index in [2.05, 4.69) is 5.32 Å². The van der Waals surface area contributed by atoms with Crippen LogP contribution in [-0.4, -0.2) is 61.3 Å². The molecule has 1 saturated heterocycles. The molecule has 2 rings (SSSR count). The van der Waals surface area contributed by atoms with Gasteiger partial charge in [0.15, 0.2) is 0 Å². The van der Waals surface area contributed by atoms with Gasteiger partial charge in [0.25, 0.3) is 10.0 Å². The van der Waals surface area contributed by atoms with Crippen LogP contribution >= 0.6 is 11.3 Å². The number of nitrogens with zero attached hydrogens (tertiary/aromatic N) is 2. The molecule has 1 amide bonds. The van der Waals surface area contributed by atoms with E-state index in [9.17, 15) is 13.2 Å². The number of amides is 1. The molecule has 0 bridgehead atoms. The Bertz CT molecular complexity index is 684. The van der Waals surface area contributed by atoms with Crippen molar-refractivity contribution in [1.82, 2.24) is 14.5 Å². The highest BCUT2D eigenvalue weighted by atomic mass is 32.2. The molecule has 1 unspecified atom stereocenters. The van der Waals surface area contributed by atoms with Gasteiger partial charge in [0.1, 0.15) is 4.21 Å². The standard InChI is InChI=1S/C16H27N3O3S2/c1-12-6-7-14(23-12)24(21,22)19-10-8-18(9-11-19)13(2)15(20)17-16(3,4)5/h6-7,13H,8-11H2,1-5H3,(H,17,20). The Morgan fingerprint density at radius 3 is 2.25 bits per heavy atom. The molecular weight excluding hydrogens is 346 g/mol. The maximum absolute atomic E-state index is 12.6. The Labute approximate surface area is 148 Å². The molecule has 2 heterocycles. The van der Waals surface area contributed by atoms with Gasteiger partial charge in [0, 0.05) is 36.6 Å². The van der Waals surface area contributed by atoms with Crippen molar-refractivity contribution in [1.29, 1.82) is 0 Å². The SMILES string of the molecule is Cc1ccc(S(=O)(=O)N2CCN(C(C)C(=O)NC(C)(C)C)CC2)s1. The third-order valence-electron chi connectivity index (χ3n) is 4.01. The van der Waals surface area contributed by atoms with Gasteiger partial charge in [-0.05, 0) is 46.8 Å². The molecule has 24 heavy (non-hydrogen) atoms. The van der Waals surface area contributed by atoms with E-state index in [0.717, 1.165) is 4.88 Å². The maximum Gasteiger partial charge on any atom is 0.252 e. The summed E-state index contributed by atoms with van der Waals surface area (Å²) in [7, 11) is -3.41. The number of aryl methyl sites for hydroxylation is 1. The molecule has 0 saturated carbocycles. The van der Waals surface area contributed by atoms with Crippen molar-refractivity contribution in [2.75, 3.05) is 26.2 Å². The molecule has 6 nitrogen and oxygen atoms in total. The number of hydrogen-bond acceptors (Lipinski definition) is 5. The predicted octanol–water partition coefficient (Wildman–Crippen LogP) is 1.67. The first kappa shape index (κ1) is 19.4. The van der Waals surface area contributed by atoms with E-state index < -0.39 is 10.0 Å². The van der Waals surface area contributed by atoms with E-state index in [4.69, 9.17) is 0 Å². The lowest BCUT2D eigenvalue weighted by molar-refractivity contribution is -0.127. The summed E-state index contributed by atoms with van der Waals surface area (Å²) in [5.41, 5.74) is -0.270. The summed E-state index contributed by atoms with van der Waals surface area (Å²) >= 11 is 1.30. The van der Waals surface area contributed by atoms with Gasteiger partial charge in [-0.2, -0.15) is 4.31 Å². The zero-order valence-corrected chi connectivity index (χ0v) is 16.6. The van der Waals surface area contributed by atoms with E-state index in [0.29, 0.717) is 30.4 Å². The molecule has 8 heteroatoms. The maximum atomic E-state index is 12.6. The summed E-state index contributed by atoms with van der Waals surface area (Å²) < 4.78 is 27.2.